The van der Waals surface area contributed by atoms with Crippen molar-refractivity contribution in [3.8, 4) is 17.2 Å². The zero-order valence-electron chi connectivity index (χ0n) is 10.2. The van der Waals surface area contributed by atoms with E-state index in [1.807, 2.05) is 18.2 Å². The van der Waals surface area contributed by atoms with Gasteiger partial charge in [-0.05, 0) is 42.0 Å². The van der Waals surface area contributed by atoms with Crippen LogP contribution in [0.2, 0.25) is 0 Å². The molecule has 4 nitrogen and oxygen atoms in total. The number of ether oxygens (including phenoxy) is 3. The molecule has 0 spiro atoms. The summed E-state index contributed by atoms with van der Waals surface area (Å²) in [5, 5.41) is 0. The summed E-state index contributed by atoms with van der Waals surface area (Å²) in [7, 11) is 0. The highest BCUT2D eigenvalue weighted by atomic mass is 16.7. The Morgan fingerprint density at radius 3 is 2.63 bits per heavy atom. The zero-order valence-corrected chi connectivity index (χ0v) is 10.2. The van der Waals surface area contributed by atoms with E-state index in [2.05, 4.69) is 0 Å². The molecule has 0 unspecified atom stereocenters. The highest BCUT2D eigenvalue weighted by molar-refractivity contribution is 5.74. The van der Waals surface area contributed by atoms with Gasteiger partial charge in [0, 0.05) is 5.56 Å². The quantitative estimate of drug-likeness (QED) is 0.789. The maximum absolute atomic E-state index is 10.5. The molecule has 0 amide bonds. The maximum atomic E-state index is 10.5. The SMILES string of the molecule is O=Cc1ccc(OCc2ccc3c(c2)OCO3)cc1. The van der Waals surface area contributed by atoms with Crippen LogP contribution in [0, 0.1) is 0 Å². The van der Waals surface area contributed by atoms with Gasteiger partial charge in [0.15, 0.2) is 11.5 Å². The highest BCUT2D eigenvalue weighted by Crippen LogP contribution is 2.32. The first-order valence-corrected chi connectivity index (χ1v) is 5.92. The van der Waals surface area contributed by atoms with Crippen LogP contribution in [0.3, 0.4) is 0 Å². The van der Waals surface area contributed by atoms with Crippen molar-refractivity contribution in [1.29, 1.82) is 0 Å². The number of hydrogen-bond acceptors (Lipinski definition) is 4. The van der Waals surface area contributed by atoms with Gasteiger partial charge in [-0.2, -0.15) is 0 Å². The van der Waals surface area contributed by atoms with Gasteiger partial charge in [0.05, 0.1) is 0 Å². The summed E-state index contributed by atoms with van der Waals surface area (Å²) in [6.45, 7) is 0.712. The molecule has 0 N–H and O–H groups in total. The Balaban J connectivity index is 1.66. The van der Waals surface area contributed by atoms with Crippen LogP contribution in [0.25, 0.3) is 0 Å². The van der Waals surface area contributed by atoms with Crippen LogP contribution in [0.5, 0.6) is 17.2 Å². The Bertz CT molecular complexity index is 590. The molecule has 4 heteroatoms. The monoisotopic (exact) mass is 256 g/mol. The number of benzene rings is 2. The third kappa shape index (κ3) is 2.52. The Labute approximate surface area is 110 Å². The first-order valence-electron chi connectivity index (χ1n) is 5.92. The second-order valence-electron chi connectivity index (χ2n) is 4.16. The van der Waals surface area contributed by atoms with E-state index in [1.165, 1.54) is 0 Å². The lowest BCUT2D eigenvalue weighted by Crippen LogP contribution is -1.95. The Morgan fingerprint density at radius 2 is 1.84 bits per heavy atom. The topological polar surface area (TPSA) is 44.8 Å². The van der Waals surface area contributed by atoms with E-state index in [0.717, 1.165) is 29.1 Å². The van der Waals surface area contributed by atoms with Crippen LogP contribution in [0.15, 0.2) is 42.5 Å². The molecule has 1 heterocycles. The Kier molecular flexibility index (Phi) is 3.06. The van der Waals surface area contributed by atoms with Gasteiger partial charge >= 0.3 is 0 Å². The van der Waals surface area contributed by atoms with E-state index in [1.54, 1.807) is 24.3 Å². The first-order chi connectivity index (χ1) is 9.35. The normalized spacial score (nSPS) is 12.2. The molecule has 0 fully saturated rings. The van der Waals surface area contributed by atoms with E-state index >= 15 is 0 Å². The average molecular weight is 256 g/mol. The van der Waals surface area contributed by atoms with Crippen molar-refractivity contribution >= 4 is 6.29 Å². The van der Waals surface area contributed by atoms with Gasteiger partial charge in [-0.15, -0.1) is 0 Å². The highest BCUT2D eigenvalue weighted by Gasteiger charge is 2.13. The van der Waals surface area contributed by atoms with Crippen LogP contribution in [-0.4, -0.2) is 13.1 Å². The van der Waals surface area contributed by atoms with Gasteiger partial charge in [-0.3, -0.25) is 4.79 Å². The van der Waals surface area contributed by atoms with E-state index in [9.17, 15) is 4.79 Å². The molecular formula is C15H12O4. The van der Waals surface area contributed by atoms with Crippen molar-refractivity contribution < 1.29 is 19.0 Å². The van der Waals surface area contributed by atoms with Crippen LogP contribution in [-0.2, 0) is 6.61 Å². The van der Waals surface area contributed by atoms with Crippen molar-refractivity contribution in [1.82, 2.24) is 0 Å². The molecule has 0 aromatic heterocycles. The standard InChI is InChI=1S/C15H12O4/c16-8-11-1-4-13(5-2-11)17-9-12-3-6-14-15(7-12)19-10-18-14/h1-8H,9-10H2. The lowest BCUT2D eigenvalue weighted by Gasteiger charge is -2.07. The van der Waals surface area contributed by atoms with Gasteiger partial charge in [0.2, 0.25) is 6.79 Å². The molecule has 0 saturated carbocycles. The summed E-state index contributed by atoms with van der Waals surface area (Å²) in [5.41, 5.74) is 1.64. The number of carbonyl (C=O) groups is 1. The molecule has 2 aromatic carbocycles. The number of hydrogen-bond donors (Lipinski definition) is 0. The van der Waals surface area contributed by atoms with Gasteiger partial charge in [-0.25, -0.2) is 0 Å². The minimum atomic E-state index is 0.271. The molecule has 2 aromatic rings. The summed E-state index contributed by atoms with van der Waals surface area (Å²) in [4.78, 5) is 10.5. The van der Waals surface area contributed by atoms with Crippen molar-refractivity contribution in [3.63, 3.8) is 0 Å². The predicted molar refractivity (Wildman–Crippen MR) is 68.7 cm³/mol. The first kappa shape index (κ1) is 11.6. The summed E-state index contributed by atoms with van der Waals surface area (Å²) in [6.07, 6.45) is 0.807. The Hall–Kier alpha value is -2.49. The number of rotatable bonds is 4. The third-order valence-corrected chi connectivity index (χ3v) is 2.86. The summed E-state index contributed by atoms with van der Waals surface area (Å²) < 4.78 is 16.2. The average Bonchev–Trinajstić information content (AvgIpc) is 2.93. The molecular weight excluding hydrogens is 244 g/mol. The van der Waals surface area contributed by atoms with Crippen LogP contribution in [0.4, 0.5) is 0 Å². The van der Waals surface area contributed by atoms with Crippen molar-refractivity contribution in [2.75, 3.05) is 6.79 Å². The van der Waals surface area contributed by atoms with E-state index in [0.29, 0.717) is 12.2 Å². The van der Waals surface area contributed by atoms with E-state index in [4.69, 9.17) is 14.2 Å². The number of carbonyl (C=O) groups excluding carboxylic acids is 1. The summed E-state index contributed by atoms with van der Waals surface area (Å²) in [5.74, 6) is 2.24. The predicted octanol–water partition coefficient (Wildman–Crippen LogP) is 2.81. The van der Waals surface area contributed by atoms with Crippen LogP contribution >= 0.6 is 0 Å². The minimum Gasteiger partial charge on any atom is -0.489 e. The fraction of sp³-hybridized carbons (Fsp3) is 0.133. The zero-order chi connectivity index (χ0) is 13.1. The molecule has 0 radical (unpaired) electrons. The summed E-state index contributed by atoms with van der Waals surface area (Å²) in [6, 6.07) is 12.7. The lowest BCUT2D eigenvalue weighted by atomic mass is 10.2. The van der Waals surface area contributed by atoms with E-state index < -0.39 is 0 Å². The smallest absolute Gasteiger partial charge is 0.231 e. The van der Waals surface area contributed by atoms with E-state index in [-0.39, 0.29) is 6.79 Å². The molecule has 0 aliphatic carbocycles. The fourth-order valence-corrected chi connectivity index (χ4v) is 1.84. The summed E-state index contributed by atoms with van der Waals surface area (Å²) >= 11 is 0. The largest absolute Gasteiger partial charge is 0.489 e. The van der Waals surface area contributed by atoms with Crippen molar-refractivity contribution in [2.24, 2.45) is 0 Å². The third-order valence-electron chi connectivity index (χ3n) is 2.86. The second-order valence-corrected chi connectivity index (χ2v) is 4.16. The van der Waals surface area contributed by atoms with Gasteiger partial charge in [0.1, 0.15) is 18.6 Å². The number of fused-ring (bicyclic) bond motifs is 1. The molecule has 96 valence electrons. The minimum absolute atomic E-state index is 0.271. The number of aldehydes is 1. The Morgan fingerprint density at radius 1 is 1.05 bits per heavy atom. The van der Waals surface area contributed by atoms with Gasteiger partial charge < -0.3 is 14.2 Å². The van der Waals surface area contributed by atoms with Crippen LogP contribution < -0.4 is 14.2 Å². The lowest BCUT2D eigenvalue weighted by molar-refractivity contribution is 0.112. The van der Waals surface area contributed by atoms with Crippen molar-refractivity contribution in [3.05, 3.63) is 53.6 Å². The van der Waals surface area contributed by atoms with Crippen molar-refractivity contribution in [2.45, 2.75) is 6.61 Å². The maximum Gasteiger partial charge on any atom is 0.231 e. The van der Waals surface area contributed by atoms with Gasteiger partial charge in [0.25, 0.3) is 0 Å². The molecule has 1 aliphatic heterocycles. The molecule has 3 rings (SSSR count). The molecule has 0 bridgehead atoms. The second kappa shape index (κ2) is 5.02. The molecule has 0 saturated heterocycles. The molecule has 19 heavy (non-hydrogen) atoms. The fourth-order valence-electron chi connectivity index (χ4n) is 1.84. The van der Waals surface area contributed by atoms with Crippen LogP contribution in [0.1, 0.15) is 15.9 Å². The van der Waals surface area contributed by atoms with Gasteiger partial charge in [-0.1, -0.05) is 6.07 Å². The molecule has 1 aliphatic rings. The molecule has 0 atom stereocenters.